The van der Waals surface area contributed by atoms with E-state index < -0.39 is 5.60 Å². The number of nitrogens with one attached hydrogen (secondary N) is 1. The molecule has 2 aliphatic rings. The summed E-state index contributed by atoms with van der Waals surface area (Å²) in [6, 6.07) is 13.5. The lowest BCUT2D eigenvalue weighted by atomic mass is 9.67. The molecule has 3 aromatic rings. The van der Waals surface area contributed by atoms with Crippen LogP contribution in [-0.2, 0) is 5.60 Å². The van der Waals surface area contributed by atoms with Crippen LogP contribution < -0.4 is 0 Å². The molecule has 1 amide bonds. The summed E-state index contributed by atoms with van der Waals surface area (Å²) in [6.45, 7) is 1.25. The van der Waals surface area contributed by atoms with Gasteiger partial charge in [-0.25, -0.2) is 4.98 Å². The number of likely N-dealkylation sites (tertiary alicyclic amines) is 1. The Bertz CT molecular complexity index is 986. The summed E-state index contributed by atoms with van der Waals surface area (Å²) in [5.74, 6) is 0.314. The van der Waals surface area contributed by atoms with Gasteiger partial charge >= 0.3 is 0 Å². The van der Waals surface area contributed by atoms with Crippen molar-refractivity contribution in [2.45, 2.75) is 24.9 Å². The molecule has 1 saturated heterocycles. The molecule has 2 fully saturated rings. The van der Waals surface area contributed by atoms with Gasteiger partial charge in [0, 0.05) is 24.4 Å². The first-order valence-electron chi connectivity index (χ1n) is 9.52. The Morgan fingerprint density at radius 2 is 2.04 bits per heavy atom. The van der Waals surface area contributed by atoms with E-state index in [4.69, 9.17) is 0 Å². The molecule has 1 aliphatic carbocycles. The number of hydrogen-bond donors (Lipinski definition) is 2. The van der Waals surface area contributed by atoms with Crippen LogP contribution in [0.3, 0.4) is 0 Å². The number of aromatic amines is 1. The highest BCUT2D eigenvalue weighted by Gasteiger charge is 2.50. The SMILES string of the molecule is O=C(c1ccc2cn[nH]c2n1)N1C[C@@H]2CCC[C@@](O)(c3ccccc3)[C@@H]2C1. The zero-order valence-corrected chi connectivity index (χ0v) is 15.0. The average Bonchev–Trinajstić information content (AvgIpc) is 3.35. The highest BCUT2D eigenvalue weighted by Crippen LogP contribution is 2.48. The van der Waals surface area contributed by atoms with Crippen LogP contribution in [0.5, 0.6) is 0 Å². The van der Waals surface area contributed by atoms with E-state index in [-0.39, 0.29) is 11.8 Å². The normalized spacial score (nSPS) is 27.7. The second-order valence-corrected chi connectivity index (χ2v) is 7.76. The molecule has 6 nitrogen and oxygen atoms in total. The van der Waals surface area contributed by atoms with E-state index in [2.05, 4.69) is 15.2 Å². The van der Waals surface area contributed by atoms with Gasteiger partial charge in [0.15, 0.2) is 5.65 Å². The Morgan fingerprint density at radius 3 is 2.89 bits per heavy atom. The van der Waals surface area contributed by atoms with Crippen LogP contribution >= 0.6 is 0 Å². The summed E-state index contributed by atoms with van der Waals surface area (Å²) in [7, 11) is 0. The molecule has 2 aromatic heterocycles. The predicted octanol–water partition coefficient (Wildman–Crippen LogP) is 2.72. The molecule has 0 spiro atoms. The van der Waals surface area contributed by atoms with Gasteiger partial charge in [-0.05, 0) is 42.9 Å². The van der Waals surface area contributed by atoms with Crippen LogP contribution in [0.1, 0.15) is 35.3 Å². The third-order valence-corrected chi connectivity index (χ3v) is 6.27. The zero-order valence-electron chi connectivity index (χ0n) is 15.0. The maximum atomic E-state index is 13.1. The number of amides is 1. The van der Waals surface area contributed by atoms with E-state index in [1.165, 1.54) is 0 Å². The maximum absolute atomic E-state index is 13.1. The highest BCUT2D eigenvalue weighted by molar-refractivity contribution is 5.94. The summed E-state index contributed by atoms with van der Waals surface area (Å²) in [5, 5.41) is 19.2. The van der Waals surface area contributed by atoms with Crippen LogP contribution in [0.25, 0.3) is 11.0 Å². The van der Waals surface area contributed by atoms with E-state index in [1.54, 1.807) is 12.3 Å². The molecule has 138 valence electrons. The molecular formula is C21H22N4O2. The number of pyridine rings is 1. The molecule has 2 N–H and O–H groups in total. The molecule has 3 heterocycles. The third-order valence-electron chi connectivity index (χ3n) is 6.27. The molecular weight excluding hydrogens is 340 g/mol. The van der Waals surface area contributed by atoms with Gasteiger partial charge in [-0.3, -0.25) is 9.89 Å². The first-order chi connectivity index (χ1) is 13.1. The summed E-state index contributed by atoms with van der Waals surface area (Å²) in [5.41, 5.74) is 1.15. The van der Waals surface area contributed by atoms with E-state index in [9.17, 15) is 9.90 Å². The number of nitrogens with zero attached hydrogens (tertiary/aromatic N) is 3. The Balaban J connectivity index is 1.43. The lowest BCUT2D eigenvalue weighted by molar-refractivity contribution is -0.0644. The van der Waals surface area contributed by atoms with Crippen molar-refractivity contribution in [3.8, 4) is 0 Å². The smallest absolute Gasteiger partial charge is 0.272 e. The Morgan fingerprint density at radius 1 is 1.19 bits per heavy atom. The Labute approximate surface area is 157 Å². The summed E-state index contributed by atoms with van der Waals surface area (Å²) < 4.78 is 0. The Kier molecular flexibility index (Phi) is 3.75. The number of rotatable bonds is 2. The number of aliphatic hydroxyl groups is 1. The second kappa shape index (κ2) is 6.16. The number of H-pyrrole nitrogens is 1. The molecule has 0 radical (unpaired) electrons. The van der Waals surface area contributed by atoms with Crippen molar-refractivity contribution in [1.82, 2.24) is 20.1 Å². The van der Waals surface area contributed by atoms with Crippen LogP contribution in [-0.4, -0.2) is 44.2 Å². The molecule has 3 atom stereocenters. The number of hydrogen-bond acceptors (Lipinski definition) is 4. The minimum atomic E-state index is -0.861. The van der Waals surface area contributed by atoms with Gasteiger partial charge in [0.25, 0.3) is 5.91 Å². The summed E-state index contributed by atoms with van der Waals surface area (Å²) in [4.78, 5) is 19.3. The second-order valence-electron chi connectivity index (χ2n) is 7.76. The number of carbonyl (C=O) groups excluding carboxylic acids is 1. The molecule has 27 heavy (non-hydrogen) atoms. The van der Waals surface area contributed by atoms with E-state index >= 15 is 0 Å². The van der Waals surface area contributed by atoms with Crippen molar-refractivity contribution in [2.24, 2.45) is 11.8 Å². The zero-order chi connectivity index (χ0) is 18.4. The number of benzene rings is 1. The minimum Gasteiger partial charge on any atom is -0.385 e. The quantitative estimate of drug-likeness (QED) is 0.734. The van der Waals surface area contributed by atoms with Gasteiger partial charge in [-0.2, -0.15) is 5.10 Å². The summed E-state index contributed by atoms with van der Waals surface area (Å²) >= 11 is 0. The first kappa shape index (κ1) is 16.4. The topological polar surface area (TPSA) is 82.1 Å². The van der Waals surface area contributed by atoms with Crippen molar-refractivity contribution in [1.29, 1.82) is 0 Å². The third kappa shape index (κ3) is 2.63. The van der Waals surface area contributed by atoms with Crippen molar-refractivity contribution in [2.75, 3.05) is 13.1 Å². The van der Waals surface area contributed by atoms with Crippen LogP contribution in [0, 0.1) is 11.8 Å². The fourth-order valence-electron chi connectivity index (χ4n) is 4.88. The predicted molar refractivity (Wildman–Crippen MR) is 101 cm³/mol. The van der Waals surface area contributed by atoms with Crippen molar-refractivity contribution < 1.29 is 9.90 Å². The van der Waals surface area contributed by atoms with E-state index in [1.807, 2.05) is 41.3 Å². The van der Waals surface area contributed by atoms with Gasteiger partial charge in [0.2, 0.25) is 0 Å². The fraction of sp³-hybridized carbons (Fsp3) is 0.381. The molecule has 0 bridgehead atoms. The van der Waals surface area contributed by atoms with Crippen molar-refractivity contribution >= 4 is 16.9 Å². The molecule has 1 aromatic carbocycles. The standard InChI is InChI=1S/C21H22N4O2/c26-20(18-9-8-14-11-22-24-19(14)23-18)25-12-15-5-4-10-21(27,17(15)13-25)16-6-2-1-3-7-16/h1-3,6-9,11,15,17,27H,4-5,10,12-13H2,(H,22,23,24)/t15-,17+,21+/m0/s1. The molecule has 1 saturated carbocycles. The van der Waals surface area contributed by atoms with Gasteiger partial charge in [0.05, 0.1) is 11.8 Å². The van der Waals surface area contributed by atoms with Crippen molar-refractivity contribution in [3.05, 3.63) is 59.9 Å². The van der Waals surface area contributed by atoms with Gasteiger partial charge in [-0.1, -0.05) is 30.3 Å². The van der Waals surface area contributed by atoms with Crippen LogP contribution in [0.4, 0.5) is 0 Å². The van der Waals surface area contributed by atoms with Gasteiger partial charge in [0.1, 0.15) is 5.69 Å². The Hall–Kier alpha value is -2.73. The highest BCUT2D eigenvalue weighted by atomic mass is 16.3. The lowest BCUT2D eigenvalue weighted by Gasteiger charge is -2.41. The summed E-state index contributed by atoms with van der Waals surface area (Å²) in [6.07, 6.45) is 4.48. The van der Waals surface area contributed by atoms with Crippen LogP contribution in [0.2, 0.25) is 0 Å². The lowest BCUT2D eigenvalue weighted by Crippen LogP contribution is -2.43. The number of carbonyl (C=O) groups is 1. The molecule has 0 unspecified atom stereocenters. The number of aromatic nitrogens is 3. The van der Waals surface area contributed by atoms with E-state index in [0.29, 0.717) is 30.3 Å². The largest absolute Gasteiger partial charge is 0.385 e. The average molecular weight is 362 g/mol. The monoisotopic (exact) mass is 362 g/mol. The fourth-order valence-corrected chi connectivity index (χ4v) is 4.88. The number of fused-ring (bicyclic) bond motifs is 2. The van der Waals surface area contributed by atoms with Gasteiger partial charge < -0.3 is 10.0 Å². The first-order valence-corrected chi connectivity index (χ1v) is 9.52. The molecule has 1 aliphatic heterocycles. The molecule has 6 heteroatoms. The minimum absolute atomic E-state index is 0.0634. The van der Waals surface area contributed by atoms with Crippen molar-refractivity contribution in [3.63, 3.8) is 0 Å². The molecule has 5 rings (SSSR count). The van der Waals surface area contributed by atoms with E-state index in [0.717, 1.165) is 30.2 Å². The maximum Gasteiger partial charge on any atom is 0.272 e. The van der Waals surface area contributed by atoms with Gasteiger partial charge in [-0.15, -0.1) is 0 Å². The van der Waals surface area contributed by atoms with Crippen LogP contribution in [0.15, 0.2) is 48.7 Å².